The molecule has 2 aliphatic carbocycles. The van der Waals surface area contributed by atoms with E-state index in [1.807, 2.05) is 66.7 Å². The van der Waals surface area contributed by atoms with Crippen LogP contribution >= 0.6 is 23.1 Å². The van der Waals surface area contributed by atoms with Gasteiger partial charge in [0.15, 0.2) is 6.61 Å². The number of fused-ring (bicyclic) bond motifs is 10. The number of nitrogens with one attached hydrogen (secondary N) is 2. The van der Waals surface area contributed by atoms with Gasteiger partial charge in [0.05, 0.1) is 29.7 Å². The van der Waals surface area contributed by atoms with Crippen molar-refractivity contribution in [2.24, 2.45) is 29.6 Å². The van der Waals surface area contributed by atoms with E-state index in [1.54, 1.807) is 43.1 Å². The second kappa shape index (κ2) is 11.6. The van der Waals surface area contributed by atoms with Crippen LogP contribution in [0.3, 0.4) is 0 Å². The Labute approximate surface area is 289 Å². The van der Waals surface area contributed by atoms with Gasteiger partial charge in [-0.2, -0.15) is 0 Å². The molecule has 2 N–H and O–H groups in total. The van der Waals surface area contributed by atoms with Crippen molar-refractivity contribution in [3.05, 3.63) is 111 Å². The lowest BCUT2D eigenvalue weighted by Gasteiger charge is -2.43. The molecule has 5 aromatic rings. The SMILES string of the molecule is COc1ccc(N2C(=O)[C@H]3[C@H]4C[C@@H]([C@@H]3C2=O)[C@@H]2[C@H](c3ccc(OCC(=O)Nc5ccc6ccccc6c5)cc3)c3sc(=O)[nH]c3S[C@H]42)cc1. The fraction of sp³-hybridized carbons (Fsp3) is 0.263. The molecule has 0 spiro atoms. The lowest BCUT2D eigenvalue weighted by molar-refractivity contribution is -0.123. The topological polar surface area (TPSA) is 118 Å². The summed E-state index contributed by atoms with van der Waals surface area (Å²) in [5, 5.41) is 6.00. The molecule has 4 aromatic carbocycles. The number of benzene rings is 4. The highest BCUT2D eigenvalue weighted by molar-refractivity contribution is 8.00. The van der Waals surface area contributed by atoms with E-state index in [4.69, 9.17) is 9.47 Å². The number of H-pyrrole nitrogens is 1. The Morgan fingerprint density at radius 3 is 2.35 bits per heavy atom. The Kier molecular flexibility index (Phi) is 7.17. The smallest absolute Gasteiger partial charge is 0.305 e. The number of aromatic nitrogens is 1. The number of ether oxygens (including phenoxy) is 2. The minimum atomic E-state index is -0.384. The molecule has 9 nitrogen and oxygen atoms in total. The van der Waals surface area contributed by atoms with Crippen molar-refractivity contribution in [1.29, 1.82) is 0 Å². The number of imide groups is 1. The van der Waals surface area contributed by atoms with Crippen molar-refractivity contribution < 1.29 is 23.9 Å². The number of carbonyl (C=O) groups is 3. The normalized spacial score (nSPS) is 26.4. The number of nitrogens with zero attached hydrogens (tertiary/aromatic N) is 1. The van der Waals surface area contributed by atoms with Crippen molar-refractivity contribution in [3.63, 3.8) is 0 Å². The maximum atomic E-state index is 14.0. The first-order chi connectivity index (χ1) is 23.9. The van der Waals surface area contributed by atoms with Crippen LogP contribution in [-0.2, 0) is 14.4 Å². The number of rotatable bonds is 7. The van der Waals surface area contributed by atoms with Crippen molar-refractivity contribution in [3.8, 4) is 11.5 Å². The van der Waals surface area contributed by atoms with Crippen molar-refractivity contribution in [1.82, 2.24) is 4.98 Å². The summed E-state index contributed by atoms with van der Waals surface area (Å²) in [7, 11) is 1.58. The van der Waals surface area contributed by atoms with E-state index in [-0.39, 0.29) is 70.0 Å². The van der Waals surface area contributed by atoms with E-state index in [0.29, 0.717) is 22.9 Å². The summed E-state index contributed by atoms with van der Waals surface area (Å²) in [6, 6.07) is 28.5. The molecule has 4 aliphatic rings. The summed E-state index contributed by atoms with van der Waals surface area (Å²) in [6.45, 7) is -0.145. The third-order valence-corrected chi connectivity index (χ3v) is 13.3. The quantitative estimate of drug-likeness (QED) is 0.193. The average Bonchev–Trinajstić information content (AvgIpc) is 3.86. The number of thioether (sulfide) groups is 1. The first-order valence-electron chi connectivity index (χ1n) is 16.3. The number of hydrogen-bond acceptors (Lipinski definition) is 8. The molecule has 9 rings (SSSR count). The molecule has 2 saturated carbocycles. The van der Waals surface area contributed by atoms with Crippen molar-refractivity contribution in [2.45, 2.75) is 22.6 Å². The fourth-order valence-corrected chi connectivity index (χ4v) is 11.6. The van der Waals surface area contributed by atoms with Gasteiger partial charge in [0.25, 0.3) is 5.91 Å². The molecule has 49 heavy (non-hydrogen) atoms. The van der Waals surface area contributed by atoms with Gasteiger partial charge < -0.3 is 19.8 Å². The van der Waals surface area contributed by atoms with Gasteiger partial charge in [0, 0.05) is 21.7 Å². The molecule has 0 unspecified atom stereocenters. The van der Waals surface area contributed by atoms with Crippen LogP contribution < -0.4 is 24.6 Å². The zero-order valence-corrected chi connectivity index (χ0v) is 28.0. The molecule has 1 aromatic heterocycles. The summed E-state index contributed by atoms with van der Waals surface area (Å²) in [6.07, 6.45) is 0.814. The third-order valence-electron chi connectivity index (χ3n) is 10.7. The van der Waals surface area contributed by atoms with Gasteiger partial charge in [-0.25, -0.2) is 0 Å². The number of hydrogen-bond donors (Lipinski definition) is 2. The average molecular weight is 690 g/mol. The molecule has 7 atom stereocenters. The van der Waals surface area contributed by atoms with Crippen LogP contribution in [0.25, 0.3) is 10.8 Å². The van der Waals surface area contributed by atoms with Crippen LogP contribution in [0.15, 0.2) is 101 Å². The van der Waals surface area contributed by atoms with Crippen LogP contribution in [0.4, 0.5) is 11.4 Å². The number of methoxy groups -OCH3 is 1. The highest BCUT2D eigenvalue weighted by Crippen LogP contribution is 2.68. The number of thiazole rings is 1. The molecule has 1 saturated heterocycles. The monoisotopic (exact) mass is 689 g/mol. The molecule has 3 amide bonds. The summed E-state index contributed by atoms with van der Waals surface area (Å²) in [4.78, 5) is 58.6. The lowest BCUT2D eigenvalue weighted by Crippen LogP contribution is -2.42. The number of anilines is 2. The Hall–Kier alpha value is -4.87. The molecule has 3 heterocycles. The van der Waals surface area contributed by atoms with E-state index in [9.17, 15) is 19.2 Å². The first kappa shape index (κ1) is 30.2. The molecule has 2 aliphatic heterocycles. The Morgan fingerprint density at radius 2 is 1.59 bits per heavy atom. The summed E-state index contributed by atoms with van der Waals surface area (Å²) in [5.74, 6) is -0.0221. The number of aromatic amines is 1. The van der Waals surface area contributed by atoms with Gasteiger partial charge in [-0.1, -0.05) is 53.8 Å². The summed E-state index contributed by atoms with van der Waals surface area (Å²) >= 11 is 2.89. The van der Waals surface area contributed by atoms with Crippen LogP contribution in [0.2, 0.25) is 0 Å². The van der Waals surface area contributed by atoms with E-state index in [1.165, 1.54) is 16.2 Å². The van der Waals surface area contributed by atoms with E-state index < -0.39 is 0 Å². The maximum absolute atomic E-state index is 14.0. The third kappa shape index (κ3) is 4.89. The largest absolute Gasteiger partial charge is 0.497 e. The number of carbonyl (C=O) groups excluding carboxylic acids is 3. The van der Waals surface area contributed by atoms with E-state index in [0.717, 1.165) is 32.7 Å². The standard InChI is InChI=1S/C38H31N3O6S2/c1-46-24-14-10-23(11-15-24)41-36(43)31-26-17-27(32(31)37(41)44)33-30(26)29(34-35(48-33)40-38(45)49-34)20-7-12-25(13-8-20)47-18-28(42)39-22-9-6-19-4-2-3-5-21(19)16-22/h2-16,26-27,29-33H,17-18H2,1H3,(H,39,42)(H,40,45)/t26-,27-,29+,30-,31+,32+,33-/m1/s1. The zero-order valence-electron chi connectivity index (χ0n) is 26.3. The van der Waals surface area contributed by atoms with Crippen LogP contribution in [0.5, 0.6) is 11.5 Å². The van der Waals surface area contributed by atoms with Crippen molar-refractivity contribution >= 4 is 63.0 Å². The van der Waals surface area contributed by atoms with Gasteiger partial charge in [0.1, 0.15) is 11.5 Å². The predicted molar refractivity (Wildman–Crippen MR) is 188 cm³/mol. The van der Waals surface area contributed by atoms with Crippen LogP contribution in [0.1, 0.15) is 22.8 Å². The predicted octanol–water partition coefficient (Wildman–Crippen LogP) is 6.29. The van der Waals surface area contributed by atoms with Gasteiger partial charge in [-0.05, 0) is 89.0 Å². The highest BCUT2D eigenvalue weighted by atomic mass is 32.2. The Bertz CT molecular complexity index is 2200. The molecule has 11 heteroatoms. The second-order valence-corrected chi connectivity index (χ2v) is 15.3. The van der Waals surface area contributed by atoms with Crippen LogP contribution in [0, 0.1) is 29.6 Å². The molecule has 246 valence electrons. The zero-order chi connectivity index (χ0) is 33.4. The molecule has 0 radical (unpaired) electrons. The fourth-order valence-electron chi connectivity index (χ4n) is 8.76. The minimum absolute atomic E-state index is 0.0114. The van der Waals surface area contributed by atoms with Gasteiger partial charge >= 0.3 is 4.87 Å². The summed E-state index contributed by atoms with van der Waals surface area (Å²) in [5.41, 5.74) is 2.30. The van der Waals surface area contributed by atoms with Gasteiger partial charge in [0.2, 0.25) is 11.8 Å². The first-order valence-corrected chi connectivity index (χ1v) is 18.0. The van der Waals surface area contributed by atoms with Gasteiger partial charge in [-0.3, -0.25) is 24.1 Å². The molecular formula is C38H31N3O6S2. The Balaban J connectivity index is 0.952. The highest BCUT2D eigenvalue weighted by Gasteiger charge is 2.69. The molecule has 3 fully saturated rings. The second-order valence-electron chi connectivity index (χ2n) is 13.1. The Morgan fingerprint density at radius 1 is 0.878 bits per heavy atom. The molecular weight excluding hydrogens is 659 g/mol. The lowest BCUT2D eigenvalue weighted by atomic mass is 9.68. The van der Waals surface area contributed by atoms with E-state index in [2.05, 4.69) is 10.3 Å². The summed E-state index contributed by atoms with van der Waals surface area (Å²) < 4.78 is 11.1. The minimum Gasteiger partial charge on any atom is -0.497 e. The molecule has 2 bridgehead atoms. The maximum Gasteiger partial charge on any atom is 0.305 e. The van der Waals surface area contributed by atoms with E-state index >= 15 is 0 Å². The van der Waals surface area contributed by atoms with Crippen LogP contribution in [-0.4, -0.2) is 41.7 Å². The number of amides is 3. The van der Waals surface area contributed by atoms with Gasteiger partial charge in [-0.15, -0.1) is 11.8 Å². The van der Waals surface area contributed by atoms with Crippen molar-refractivity contribution in [2.75, 3.05) is 23.9 Å².